The Morgan fingerprint density at radius 2 is 2.17 bits per heavy atom. The number of benzene rings is 1. The fourth-order valence-electron chi connectivity index (χ4n) is 2.59. The number of rotatable bonds is 8. The van der Waals surface area contributed by atoms with Gasteiger partial charge in [0.25, 0.3) is 0 Å². The van der Waals surface area contributed by atoms with Crippen LogP contribution in [0.1, 0.15) is 17.4 Å². The number of hydrogen-bond acceptors (Lipinski definition) is 4. The lowest BCUT2D eigenvalue weighted by Crippen LogP contribution is -3.06. The standard InChI is InChI=1S/C17H25N3O3S/c1-19(2)11-9-18-15(21)8-10-20-16(22)12-24-17(20)13-6-4-5-7-14(13)23-3/h4-7,17H,8-12H2,1-3H3,(H,18,21)/p+1/t17-/m1/s1. The number of nitrogens with zero attached hydrogens (tertiary/aromatic N) is 1. The molecule has 1 aromatic rings. The van der Waals surface area contributed by atoms with Crippen molar-refractivity contribution in [3.05, 3.63) is 29.8 Å². The number of nitrogens with one attached hydrogen (secondary N) is 2. The lowest BCUT2D eigenvalue weighted by atomic mass is 10.1. The highest BCUT2D eigenvalue weighted by atomic mass is 32.2. The minimum Gasteiger partial charge on any atom is -0.496 e. The van der Waals surface area contributed by atoms with Crippen molar-refractivity contribution in [1.82, 2.24) is 10.2 Å². The fourth-order valence-corrected chi connectivity index (χ4v) is 3.83. The second-order valence-corrected chi connectivity index (χ2v) is 7.12. The summed E-state index contributed by atoms with van der Waals surface area (Å²) in [7, 11) is 5.72. The molecular weight excluding hydrogens is 326 g/mol. The van der Waals surface area contributed by atoms with Gasteiger partial charge in [0.05, 0.1) is 40.0 Å². The number of thioether (sulfide) groups is 1. The summed E-state index contributed by atoms with van der Waals surface area (Å²) in [6.45, 7) is 1.96. The van der Waals surface area contributed by atoms with E-state index in [1.165, 1.54) is 4.90 Å². The zero-order valence-electron chi connectivity index (χ0n) is 14.5. The summed E-state index contributed by atoms with van der Waals surface area (Å²) in [5.74, 6) is 1.27. The molecule has 0 bridgehead atoms. The van der Waals surface area contributed by atoms with Gasteiger partial charge in [-0.3, -0.25) is 9.59 Å². The summed E-state index contributed by atoms with van der Waals surface area (Å²) in [6, 6.07) is 7.72. The molecule has 1 aromatic carbocycles. The van der Waals surface area contributed by atoms with Crippen LogP contribution < -0.4 is 15.0 Å². The first-order valence-electron chi connectivity index (χ1n) is 8.12. The highest BCUT2D eigenvalue weighted by Crippen LogP contribution is 2.42. The van der Waals surface area contributed by atoms with Gasteiger partial charge in [-0.25, -0.2) is 0 Å². The molecule has 0 aromatic heterocycles. The van der Waals surface area contributed by atoms with Crippen LogP contribution >= 0.6 is 11.8 Å². The second-order valence-electron chi connectivity index (χ2n) is 6.05. The third kappa shape index (κ3) is 4.88. The average Bonchev–Trinajstić information content (AvgIpc) is 2.93. The molecule has 1 fully saturated rings. The first-order chi connectivity index (χ1) is 11.5. The van der Waals surface area contributed by atoms with E-state index in [1.54, 1.807) is 23.8 Å². The van der Waals surface area contributed by atoms with Crippen LogP contribution in [-0.4, -0.2) is 63.3 Å². The van der Waals surface area contributed by atoms with Crippen LogP contribution in [-0.2, 0) is 9.59 Å². The Morgan fingerprint density at radius 1 is 1.42 bits per heavy atom. The third-order valence-electron chi connectivity index (χ3n) is 3.90. The molecule has 0 radical (unpaired) electrons. The normalized spacial score (nSPS) is 17.4. The lowest BCUT2D eigenvalue weighted by molar-refractivity contribution is -0.856. The van der Waals surface area contributed by atoms with Gasteiger partial charge in [-0.1, -0.05) is 18.2 Å². The molecule has 0 unspecified atom stereocenters. The van der Waals surface area contributed by atoms with Crippen molar-refractivity contribution < 1.29 is 19.2 Å². The van der Waals surface area contributed by atoms with Crippen LogP contribution in [0, 0.1) is 0 Å². The third-order valence-corrected chi connectivity index (χ3v) is 5.14. The van der Waals surface area contributed by atoms with Crippen LogP contribution in [0.25, 0.3) is 0 Å². The molecule has 1 heterocycles. The van der Waals surface area contributed by atoms with E-state index in [4.69, 9.17) is 4.74 Å². The van der Waals surface area contributed by atoms with E-state index in [0.29, 0.717) is 25.3 Å². The number of hydrogen-bond donors (Lipinski definition) is 2. The van der Waals surface area contributed by atoms with E-state index in [2.05, 4.69) is 5.32 Å². The maximum absolute atomic E-state index is 12.2. The maximum atomic E-state index is 12.2. The molecule has 6 nitrogen and oxygen atoms in total. The Morgan fingerprint density at radius 3 is 2.88 bits per heavy atom. The first-order valence-corrected chi connectivity index (χ1v) is 9.17. The van der Waals surface area contributed by atoms with E-state index in [-0.39, 0.29) is 17.2 Å². The lowest BCUT2D eigenvalue weighted by Gasteiger charge is -2.25. The molecule has 132 valence electrons. The SMILES string of the molecule is COc1ccccc1[C@H]1SCC(=O)N1CCC(=O)NCC[NH+](C)C. The summed E-state index contributed by atoms with van der Waals surface area (Å²) in [4.78, 5) is 27.2. The van der Waals surface area contributed by atoms with Crippen molar-refractivity contribution in [3.63, 3.8) is 0 Å². The summed E-state index contributed by atoms with van der Waals surface area (Å²) in [5, 5.41) is 2.81. The zero-order valence-corrected chi connectivity index (χ0v) is 15.3. The highest BCUT2D eigenvalue weighted by Gasteiger charge is 2.34. The molecule has 0 aliphatic carbocycles. The number of quaternary nitrogens is 1. The Balaban J connectivity index is 1.95. The quantitative estimate of drug-likeness (QED) is 0.687. The Hall–Kier alpha value is -1.73. The van der Waals surface area contributed by atoms with Crippen LogP contribution in [0.15, 0.2) is 24.3 Å². The number of carbonyl (C=O) groups is 2. The van der Waals surface area contributed by atoms with Gasteiger partial charge in [-0.05, 0) is 6.07 Å². The predicted molar refractivity (Wildman–Crippen MR) is 95.2 cm³/mol. The molecule has 1 aliphatic heterocycles. The van der Waals surface area contributed by atoms with Crippen LogP contribution in [0.3, 0.4) is 0 Å². The smallest absolute Gasteiger partial charge is 0.233 e. The van der Waals surface area contributed by atoms with Gasteiger partial charge in [-0.2, -0.15) is 0 Å². The van der Waals surface area contributed by atoms with Gasteiger partial charge in [0, 0.05) is 18.5 Å². The predicted octanol–water partition coefficient (Wildman–Crippen LogP) is -0.0800. The van der Waals surface area contributed by atoms with Gasteiger partial charge >= 0.3 is 0 Å². The number of ether oxygens (including phenoxy) is 1. The van der Waals surface area contributed by atoms with Crippen molar-refractivity contribution in [2.75, 3.05) is 46.6 Å². The Bertz CT molecular complexity index is 580. The zero-order chi connectivity index (χ0) is 17.5. The Kier molecular flexibility index (Phi) is 6.93. The van der Waals surface area contributed by atoms with Crippen molar-refractivity contribution in [2.24, 2.45) is 0 Å². The number of likely N-dealkylation sites (N-methyl/N-ethyl adjacent to an activating group) is 1. The maximum Gasteiger partial charge on any atom is 0.233 e. The molecule has 24 heavy (non-hydrogen) atoms. The first kappa shape index (κ1) is 18.6. The van der Waals surface area contributed by atoms with Crippen molar-refractivity contribution in [3.8, 4) is 5.75 Å². The summed E-state index contributed by atoms with van der Waals surface area (Å²) >= 11 is 1.58. The Labute approximate surface area is 147 Å². The molecule has 0 spiro atoms. The molecule has 1 atom stereocenters. The minimum atomic E-state index is -0.0901. The van der Waals surface area contributed by atoms with E-state index in [9.17, 15) is 9.59 Å². The molecule has 0 saturated carbocycles. The van der Waals surface area contributed by atoms with E-state index in [0.717, 1.165) is 17.9 Å². The second kappa shape index (κ2) is 8.94. The molecule has 7 heteroatoms. The van der Waals surface area contributed by atoms with Gasteiger partial charge < -0.3 is 19.9 Å². The molecule has 2 amide bonds. The largest absolute Gasteiger partial charge is 0.496 e. The van der Waals surface area contributed by atoms with Gasteiger partial charge in [0.1, 0.15) is 11.1 Å². The topological polar surface area (TPSA) is 63.1 Å². The molecule has 2 N–H and O–H groups in total. The molecule has 1 saturated heterocycles. The van der Waals surface area contributed by atoms with E-state index in [1.807, 2.05) is 38.4 Å². The minimum absolute atomic E-state index is 0.0141. The van der Waals surface area contributed by atoms with Crippen LogP contribution in [0.2, 0.25) is 0 Å². The molecular formula is C17H26N3O3S+. The summed E-state index contributed by atoms with van der Waals surface area (Å²) in [5.41, 5.74) is 0.979. The van der Waals surface area contributed by atoms with Gasteiger partial charge in [-0.15, -0.1) is 11.8 Å². The van der Waals surface area contributed by atoms with Gasteiger partial charge in [0.2, 0.25) is 11.8 Å². The van der Waals surface area contributed by atoms with Crippen molar-refractivity contribution in [2.45, 2.75) is 11.8 Å². The fraction of sp³-hybridized carbons (Fsp3) is 0.529. The van der Waals surface area contributed by atoms with Crippen molar-refractivity contribution in [1.29, 1.82) is 0 Å². The van der Waals surface area contributed by atoms with Gasteiger partial charge in [0.15, 0.2) is 0 Å². The van der Waals surface area contributed by atoms with Crippen LogP contribution in [0.4, 0.5) is 0 Å². The van der Waals surface area contributed by atoms with E-state index >= 15 is 0 Å². The average molecular weight is 352 g/mol. The highest BCUT2D eigenvalue weighted by molar-refractivity contribution is 8.00. The summed E-state index contributed by atoms with van der Waals surface area (Å²) in [6.07, 6.45) is 0.320. The van der Waals surface area contributed by atoms with Crippen LogP contribution in [0.5, 0.6) is 5.75 Å². The van der Waals surface area contributed by atoms with E-state index < -0.39 is 0 Å². The number of carbonyl (C=O) groups excluding carboxylic acids is 2. The summed E-state index contributed by atoms with van der Waals surface area (Å²) < 4.78 is 5.41. The number of methoxy groups -OCH3 is 1. The number of para-hydroxylation sites is 1. The molecule has 1 aliphatic rings. The molecule has 2 rings (SSSR count). The monoisotopic (exact) mass is 352 g/mol. The number of amides is 2. The van der Waals surface area contributed by atoms with Crippen molar-refractivity contribution >= 4 is 23.6 Å².